The number of hydrogen-bond acceptors (Lipinski definition) is 3. The van der Waals surface area contributed by atoms with Crippen LogP contribution in [0.4, 0.5) is 11.4 Å². The van der Waals surface area contributed by atoms with E-state index in [9.17, 15) is 4.11 Å². The summed E-state index contributed by atoms with van der Waals surface area (Å²) in [6, 6.07) is 31.6. The minimum atomic E-state index is -1.82. The van der Waals surface area contributed by atoms with E-state index in [2.05, 4.69) is 84.1 Å². The monoisotopic (exact) mass is 939 g/mol. The Morgan fingerprint density at radius 2 is 1.45 bits per heavy atom. The van der Waals surface area contributed by atoms with Gasteiger partial charge >= 0.3 is 0 Å². The zero-order valence-corrected chi connectivity index (χ0v) is 33.6. The van der Waals surface area contributed by atoms with Crippen molar-refractivity contribution in [2.45, 2.75) is 27.1 Å². The topological polar surface area (TPSA) is 35.2 Å². The molecule has 0 amide bonds. The van der Waals surface area contributed by atoms with Gasteiger partial charge in [-0.2, -0.15) is 12.1 Å². The van der Waals surface area contributed by atoms with Crippen molar-refractivity contribution in [3.8, 4) is 17.3 Å². The van der Waals surface area contributed by atoms with Gasteiger partial charge in [0, 0.05) is 55.4 Å². The van der Waals surface area contributed by atoms with E-state index in [4.69, 9.17) is 15.7 Å². The molecule has 0 atom stereocenters. The third-order valence-electron chi connectivity index (χ3n) is 10.6. The number of aromatic nitrogens is 3. The summed E-state index contributed by atoms with van der Waals surface area (Å²) in [5.74, 6) is -0.666. The SMILES string of the molecule is [2H]c1c(Oc2[c-]c3c(c([2H])c2[2H])c2c([2H])c([2H])c([2H])c([2H])c2n3-c2cc(C([2H])([2H])C)ccn2)[c-]c(N2[CH-]n3c4c(C)cccc4c4cc(C)ccc4c4ccccc4c4cccc2c43)c([2H])c1[2H].[Pt]. The number of pyridine rings is 1. The molecular formula is C52H37N4OPt-3. The van der Waals surface area contributed by atoms with Crippen LogP contribution in [0, 0.1) is 32.6 Å². The molecule has 0 N–H and O–H groups in total. The molecule has 0 saturated carbocycles. The van der Waals surface area contributed by atoms with E-state index in [0.717, 1.165) is 54.5 Å². The fourth-order valence-corrected chi connectivity index (χ4v) is 8.11. The van der Waals surface area contributed by atoms with Crippen molar-refractivity contribution in [2.75, 3.05) is 4.90 Å². The second-order valence-corrected chi connectivity index (χ2v) is 14.0. The molecule has 284 valence electrons. The largest absolute Gasteiger partial charge is 0.509 e. The molecule has 3 aromatic heterocycles. The van der Waals surface area contributed by atoms with Gasteiger partial charge in [-0.3, -0.25) is 0 Å². The van der Waals surface area contributed by atoms with Crippen molar-refractivity contribution in [3.05, 3.63) is 187 Å². The van der Waals surface area contributed by atoms with Crippen molar-refractivity contribution >= 4 is 76.5 Å². The Bertz CT molecular complexity index is 3960. The first-order chi connectivity index (χ1) is 32.5. The Balaban J connectivity index is 0.00000553. The molecule has 0 bridgehead atoms. The van der Waals surface area contributed by atoms with Gasteiger partial charge < -0.3 is 18.8 Å². The molecule has 4 heterocycles. The van der Waals surface area contributed by atoms with Crippen LogP contribution in [0.2, 0.25) is 0 Å². The minimum absolute atomic E-state index is 0. The molecule has 0 aliphatic carbocycles. The van der Waals surface area contributed by atoms with E-state index in [1.165, 1.54) is 29.8 Å². The van der Waals surface area contributed by atoms with E-state index in [1.807, 2.05) is 37.0 Å². The first-order valence-corrected chi connectivity index (χ1v) is 18.5. The number of anilines is 2. The van der Waals surface area contributed by atoms with Gasteiger partial charge in [0.2, 0.25) is 0 Å². The molecule has 0 unspecified atom stereocenters. The predicted molar refractivity (Wildman–Crippen MR) is 236 cm³/mol. The molecule has 1 aliphatic rings. The standard InChI is InChI=1S/C52H37N4O.Pt/c1-4-35-26-27-53-50(29-35)56-47-20-8-7-17-42(47)43-25-23-38(31-49(43)56)57-37-14-10-13-36(30-37)54-32-55-51-34(3)12-9-18-45(51)46-28-33(2)22-24-41(46)39-15-5-6-16-40(39)44-19-11-21-48(54)52(44)55;/h5-29,32H,4H2,1-3H3;/q-3;/i4D2,7D,8D,10D,13D,14D,17D,20D,23D,25D;. The van der Waals surface area contributed by atoms with E-state index >= 15 is 0 Å². The molecule has 1 aliphatic heterocycles. The molecule has 0 saturated heterocycles. The molecule has 0 fully saturated rings. The van der Waals surface area contributed by atoms with Gasteiger partial charge in [0.15, 0.2) is 0 Å². The number of fused-ring (bicyclic) bond motifs is 10. The molecule has 5 nitrogen and oxygen atoms in total. The summed E-state index contributed by atoms with van der Waals surface area (Å²) in [4.78, 5) is 6.21. The summed E-state index contributed by atoms with van der Waals surface area (Å²) < 4.78 is 107. The van der Waals surface area contributed by atoms with Crippen molar-refractivity contribution in [2.24, 2.45) is 0 Å². The molecular weight excluding hydrogens is 892 g/mol. The van der Waals surface area contributed by atoms with Gasteiger partial charge in [0.1, 0.15) is 5.82 Å². The van der Waals surface area contributed by atoms with Crippen LogP contribution >= 0.6 is 0 Å². The smallest absolute Gasteiger partial charge is 0.135 e. The van der Waals surface area contributed by atoms with Crippen LogP contribution in [0.5, 0.6) is 11.5 Å². The minimum Gasteiger partial charge on any atom is -0.509 e. The summed E-state index contributed by atoms with van der Waals surface area (Å²) in [6.07, 6.45) is -0.451. The number of para-hydroxylation sites is 3. The van der Waals surface area contributed by atoms with Crippen LogP contribution in [0.3, 0.4) is 0 Å². The Labute approximate surface area is 366 Å². The predicted octanol–water partition coefficient (Wildman–Crippen LogP) is 13.4. The number of ether oxygens (including phenoxy) is 1. The molecule has 6 heteroatoms. The Kier molecular flexibility index (Phi) is 6.25. The number of benzene rings is 7. The molecule has 10 aromatic rings. The summed E-state index contributed by atoms with van der Waals surface area (Å²) in [7, 11) is 0. The van der Waals surface area contributed by atoms with Crippen LogP contribution in [0.15, 0.2) is 152 Å². The van der Waals surface area contributed by atoms with E-state index < -0.39 is 54.7 Å². The fraction of sp³-hybridized carbons (Fsp3) is 0.0769. The van der Waals surface area contributed by atoms with Crippen molar-refractivity contribution in [1.29, 1.82) is 0 Å². The Morgan fingerprint density at radius 3 is 2.31 bits per heavy atom. The van der Waals surface area contributed by atoms with Gasteiger partial charge in [-0.15, -0.1) is 35.6 Å². The number of hydrogen-bond donors (Lipinski definition) is 0. The van der Waals surface area contributed by atoms with Gasteiger partial charge in [-0.05, 0) is 104 Å². The van der Waals surface area contributed by atoms with Crippen LogP contribution in [0.1, 0.15) is 38.7 Å². The number of rotatable bonds is 5. The molecule has 11 rings (SSSR count). The summed E-state index contributed by atoms with van der Waals surface area (Å²) in [5.41, 5.74) is 4.69. The number of nitrogens with zero attached hydrogens (tertiary/aromatic N) is 4. The Morgan fingerprint density at radius 1 is 0.690 bits per heavy atom. The van der Waals surface area contributed by atoms with E-state index in [0.29, 0.717) is 5.69 Å². The summed E-state index contributed by atoms with van der Waals surface area (Å²) in [6.45, 7) is 7.35. The molecule has 7 aromatic carbocycles. The van der Waals surface area contributed by atoms with Gasteiger partial charge in [-0.25, -0.2) is 4.98 Å². The van der Waals surface area contributed by atoms with Crippen molar-refractivity contribution in [3.63, 3.8) is 0 Å². The summed E-state index contributed by atoms with van der Waals surface area (Å²) in [5, 5.41) is 5.96. The van der Waals surface area contributed by atoms with Gasteiger partial charge in [0.25, 0.3) is 0 Å². The summed E-state index contributed by atoms with van der Waals surface area (Å²) >= 11 is 0. The zero-order chi connectivity index (χ0) is 47.8. The molecule has 0 radical (unpaired) electrons. The van der Waals surface area contributed by atoms with Crippen molar-refractivity contribution < 1.29 is 40.9 Å². The van der Waals surface area contributed by atoms with Crippen LogP contribution < -0.4 is 9.64 Å². The molecule has 0 spiro atoms. The third-order valence-corrected chi connectivity index (χ3v) is 10.6. The first kappa shape index (κ1) is 25.6. The van der Waals surface area contributed by atoms with Crippen molar-refractivity contribution in [1.82, 2.24) is 14.1 Å². The van der Waals surface area contributed by atoms with Crippen LogP contribution in [-0.4, -0.2) is 14.1 Å². The van der Waals surface area contributed by atoms with E-state index in [-0.39, 0.29) is 77.5 Å². The third kappa shape index (κ3) is 5.64. The fourth-order valence-electron chi connectivity index (χ4n) is 8.11. The van der Waals surface area contributed by atoms with Gasteiger partial charge in [0.05, 0.1) is 5.48 Å². The molecule has 58 heavy (non-hydrogen) atoms. The van der Waals surface area contributed by atoms with E-state index in [1.54, 1.807) is 4.90 Å². The maximum atomic E-state index is 9.31. The second-order valence-electron chi connectivity index (χ2n) is 14.0. The quantitative estimate of drug-likeness (QED) is 0.161. The maximum absolute atomic E-state index is 9.31. The zero-order valence-electron chi connectivity index (χ0n) is 42.3. The first-order valence-electron chi connectivity index (χ1n) is 24.0. The Hall–Kier alpha value is -6.55. The normalized spacial score (nSPS) is 15.0. The van der Waals surface area contributed by atoms with Gasteiger partial charge in [-0.1, -0.05) is 126 Å². The maximum Gasteiger partial charge on any atom is 0.135 e. The average molecular weight is 940 g/mol. The van der Waals surface area contributed by atoms with Crippen LogP contribution in [0.25, 0.3) is 71.0 Å². The second kappa shape index (κ2) is 14.1. The average Bonchev–Trinajstić information content (AvgIpc) is 3.89. The van der Waals surface area contributed by atoms with Crippen LogP contribution in [-0.2, 0) is 27.4 Å². The number of aryl methyl sites for hydroxylation is 3.